The van der Waals surface area contributed by atoms with Gasteiger partial charge in [-0.2, -0.15) is 0 Å². The van der Waals surface area contributed by atoms with Crippen LogP contribution in [0.3, 0.4) is 0 Å². The van der Waals surface area contributed by atoms with Gasteiger partial charge in [-0.15, -0.1) is 11.3 Å². The van der Waals surface area contributed by atoms with Gasteiger partial charge in [0.2, 0.25) is 5.91 Å². The van der Waals surface area contributed by atoms with Crippen molar-refractivity contribution < 1.29 is 4.79 Å². The van der Waals surface area contributed by atoms with Gasteiger partial charge >= 0.3 is 0 Å². The summed E-state index contributed by atoms with van der Waals surface area (Å²) in [6.45, 7) is 6.63. The predicted octanol–water partition coefficient (Wildman–Crippen LogP) is 2.17. The fourth-order valence-electron chi connectivity index (χ4n) is 2.87. The molecule has 4 nitrogen and oxygen atoms in total. The van der Waals surface area contributed by atoms with Crippen molar-refractivity contribution in [3.63, 3.8) is 0 Å². The number of thiophene rings is 1. The second-order valence-electron chi connectivity index (χ2n) is 5.78. The number of nitrogens with one attached hydrogen (secondary N) is 1. The summed E-state index contributed by atoms with van der Waals surface area (Å²) in [5.41, 5.74) is 0. The van der Waals surface area contributed by atoms with Crippen LogP contribution in [-0.2, 0) is 11.3 Å². The van der Waals surface area contributed by atoms with Crippen LogP contribution in [0.15, 0.2) is 17.5 Å². The van der Waals surface area contributed by atoms with Crippen LogP contribution < -0.4 is 5.32 Å². The van der Waals surface area contributed by atoms with Crippen LogP contribution in [-0.4, -0.2) is 55.0 Å². The molecule has 1 N–H and O–H groups in total. The predicted molar refractivity (Wildman–Crippen MR) is 88.5 cm³/mol. The van der Waals surface area contributed by atoms with Gasteiger partial charge in [-0.3, -0.25) is 9.69 Å². The first kappa shape index (κ1) is 16.5. The molecule has 0 aromatic carbocycles. The molecule has 1 aliphatic rings. The molecular weight excluding hydrogens is 282 g/mol. The van der Waals surface area contributed by atoms with Gasteiger partial charge in [0.05, 0.1) is 13.1 Å². The number of hydrogen-bond donors (Lipinski definition) is 1. The molecular formula is C16H27N3OS. The third kappa shape index (κ3) is 5.09. The molecule has 21 heavy (non-hydrogen) atoms. The molecule has 0 unspecified atom stereocenters. The van der Waals surface area contributed by atoms with Crippen molar-refractivity contribution in [2.24, 2.45) is 0 Å². The maximum atomic E-state index is 12.5. The molecule has 1 aromatic rings. The summed E-state index contributed by atoms with van der Waals surface area (Å²) < 4.78 is 0. The Morgan fingerprint density at radius 2 is 2.19 bits per heavy atom. The number of nitrogens with zero attached hydrogens (tertiary/aromatic N) is 2. The van der Waals surface area contributed by atoms with Crippen molar-refractivity contribution in [1.29, 1.82) is 0 Å². The lowest BCUT2D eigenvalue weighted by Crippen LogP contribution is -2.47. The largest absolute Gasteiger partial charge is 0.340 e. The van der Waals surface area contributed by atoms with Gasteiger partial charge in [0.15, 0.2) is 0 Å². The summed E-state index contributed by atoms with van der Waals surface area (Å²) in [4.78, 5) is 18.0. The van der Waals surface area contributed by atoms with Crippen molar-refractivity contribution in [2.75, 3.05) is 33.2 Å². The third-order valence-corrected chi connectivity index (χ3v) is 4.93. The van der Waals surface area contributed by atoms with Crippen LogP contribution in [0, 0.1) is 0 Å². The summed E-state index contributed by atoms with van der Waals surface area (Å²) in [7, 11) is 1.91. The molecule has 1 aromatic heterocycles. The monoisotopic (exact) mass is 309 g/mol. The Labute approximate surface area is 132 Å². The van der Waals surface area contributed by atoms with Gasteiger partial charge < -0.3 is 10.2 Å². The molecule has 0 saturated carbocycles. The average Bonchev–Trinajstić information content (AvgIpc) is 3.00. The van der Waals surface area contributed by atoms with E-state index in [9.17, 15) is 4.79 Å². The van der Waals surface area contributed by atoms with Crippen LogP contribution >= 0.6 is 11.3 Å². The van der Waals surface area contributed by atoms with Crippen molar-refractivity contribution >= 4 is 17.2 Å². The summed E-state index contributed by atoms with van der Waals surface area (Å²) in [5.74, 6) is 0.232. The van der Waals surface area contributed by atoms with E-state index >= 15 is 0 Å². The maximum Gasteiger partial charge on any atom is 0.236 e. The molecule has 118 valence electrons. The SMILES string of the molecule is CCCN(CC(=O)N(C)Cc1cccs1)C1CCNCC1. The molecule has 2 heterocycles. The van der Waals surface area contributed by atoms with Crippen LogP contribution in [0.1, 0.15) is 31.1 Å². The summed E-state index contributed by atoms with van der Waals surface area (Å²) in [6, 6.07) is 4.69. The van der Waals surface area contributed by atoms with Crippen molar-refractivity contribution in [3.8, 4) is 0 Å². The first-order valence-corrected chi connectivity index (χ1v) is 8.79. The van der Waals surface area contributed by atoms with Gasteiger partial charge in [-0.1, -0.05) is 13.0 Å². The normalized spacial score (nSPS) is 16.3. The summed E-state index contributed by atoms with van der Waals surface area (Å²) >= 11 is 1.71. The summed E-state index contributed by atoms with van der Waals surface area (Å²) in [6.07, 6.45) is 3.41. The van der Waals surface area contributed by atoms with Crippen LogP contribution in [0.2, 0.25) is 0 Å². The van der Waals surface area contributed by atoms with Crippen LogP contribution in [0.25, 0.3) is 0 Å². The average molecular weight is 309 g/mol. The zero-order valence-corrected chi connectivity index (χ0v) is 14.0. The fraction of sp³-hybridized carbons (Fsp3) is 0.688. The van der Waals surface area contributed by atoms with E-state index in [1.165, 1.54) is 4.88 Å². The Kier molecular flexibility index (Phi) is 6.67. The molecule has 0 spiro atoms. The zero-order valence-electron chi connectivity index (χ0n) is 13.2. The second-order valence-corrected chi connectivity index (χ2v) is 6.81. The molecule has 2 rings (SSSR count). The second kappa shape index (κ2) is 8.51. The molecule has 0 atom stereocenters. The van der Waals surface area contributed by atoms with Crippen molar-refractivity contribution in [3.05, 3.63) is 22.4 Å². The van der Waals surface area contributed by atoms with Gasteiger partial charge in [0.25, 0.3) is 0 Å². The lowest BCUT2D eigenvalue weighted by Gasteiger charge is -2.34. The van der Waals surface area contributed by atoms with Gasteiger partial charge in [0, 0.05) is 18.0 Å². The number of carbonyl (C=O) groups is 1. The fourth-order valence-corrected chi connectivity index (χ4v) is 3.63. The van der Waals surface area contributed by atoms with E-state index < -0.39 is 0 Å². The van der Waals surface area contributed by atoms with E-state index in [2.05, 4.69) is 28.6 Å². The van der Waals surface area contributed by atoms with E-state index in [-0.39, 0.29) is 5.91 Å². The highest BCUT2D eigenvalue weighted by Crippen LogP contribution is 2.14. The van der Waals surface area contributed by atoms with Crippen LogP contribution in [0.4, 0.5) is 0 Å². The molecule has 0 aliphatic carbocycles. The number of rotatable bonds is 7. The minimum absolute atomic E-state index is 0.232. The first-order valence-electron chi connectivity index (χ1n) is 7.91. The Hall–Kier alpha value is -0.910. The lowest BCUT2D eigenvalue weighted by atomic mass is 10.0. The minimum atomic E-state index is 0.232. The number of piperidine rings is 1. The van der Waals surface area contributed by atoms with E-state index in [0.717, 1.165) is 45.4 Å². The molecule has 1 saturated heterocycles. The molecule has 1 amide bonds. The van der Waals surface area contributed by atoms with E-state index in [1.807, 2.05) is 18.0 Å². The number of hydrogen-bond acceptors (Lipinski definition) is 4. The van der Waals surface area contributed by atoms with Gasteiger partial charge in [-0.25, -0.2) is 0 Å². The third-order valence-electron chi connectivity index (χ3n) is 4.07. The standard InChI is InChI=1S/C16H27N3OS/c1-3-10-19(14-6-8-17-9-7-14)13-16(20)18(2)12-15-5-4-11-21-15/h4-5,11,14,17H,3,6-10,12-13H2,1-2H3. The van der Waals surface area contributed by atoms with Gasteiger partial charge in [0.1, 0.15) is 0 Å². The highest BCUT2D eigenvalue weighted by molar-refractivity contribution is 7.09. The smallest absolute Gasteiger partial charge is 0.236 e. The van der Waals surface area contributed by atoms with Gasteiger partial charge in [-0.05, 0) is 50.3 Å². The maximum absolute atomic E-state index is 12.5. The Bertz CT molecular complexity index is 415. The quantitative estimate of drug-likeness (QED) is 0.838. The van der Waals surface area contributed by atoms with E-state index in [4.69, 9.17) is 0 Å². The van der Waals surface area contributed by atoms with Crippen LogP contribution in [0.5, 0.6) is 0 Å². The van der Waals surface area contributed by atoms with Crippen molar-refractivity contribution in [1.82, 2.24) is 15.1 Å². The lowest BCUT2D eigenvalue weighted by molar-refractivity contribution is -0.132. The number of likely N-dealkylation sites (N-methyl/N-ethyl adjacent to an activating group) is 1. The highest BCUT2D eigenvalue weighted by Gasteiger charge is 2.23. The number of carbonyl (C=O) groups excluding carboxylic acids is 1. The zero-order chi connectivity index (χ0) is 15.1. The van der Waals surface area contributed by atoms with E-state index in [1.54, 1.807) is 11.3 Å². The topological polar surface area (TPSA) is 35.6 Å². The first-order chi connectivity index (χ1) is 10.2. The highest BCUT2D eigenvalue weighted by atomic mass is 32.1. The molecule has 5 heteroatoms. The molecule has 0 bridgehead atoms. The molecule has 1 fully saturated rings. The number of amides is 1. The minimum Gasteiger partial charge on any atom is -0.340 e. The molecule has 1 aliphatic heterocycles. The summed E-state index contributed by atoms with van der Waals surface area (Å²) in [5, 5.41) is 5.46. The Balaban J connectivity index is 1.87. The van der Waals surface area contributed by atoms with Crippen molar-refractivity contribution in [2.45, 2.75) is 38.8 Å². The van der Waals surface area contributed by atoms with E-state index in [0.29, 0.717) is 12.6 Å². The Morgan fingerprint density at radius 3 is 2.81 bits per heavy atom. The Morgan fingerprint density at radius 1 is 1.43 bits per heavy atom. The molecule has 0 radical (unpaired) electrons.